The van der Waals surface area contributed by atoms with Gasteiger partial charge < -0.3 is 18.9 Å². The average molecular weight is 542 g/mol. The first kappa shape index (κ1) is 28.5. The zero-order valence-corrected chi connectivity index (χ0v) is 22.8. The van der Waals surface area contributed by atoms with E-state index in [1.54, 1.807) is 26.8 Å². The van der Waals surface area contributed by atoms with Gasteiger partial charge in [0.2, 0.25) is 0 Å². The van der Waals surface area contributed by atoms with Gasteiger partial charge in [0.25, 0.3) is 10.0 Å². The summed E-state index contributed by atoms with van der Waals surface area (Å²) in [5.74, 6) is -0.994. The number of nitrogens with one attached hydrogen (secondary N) is 1. The SMILES string of the molecule is COC(=O)c1cccc(OCC(=O)OC(C)(C)C)c1NS(=O)(=O)c1ccc(OC)cc1Cc1ccccc1. The number of hydrogen-bond acceptors (Lipinski definition) is 8. The third-order valence-corrected chi connectivity index (χ3v) is 6.68. The molecule has 3 rings (SSSR count). The van der Waals surface area contributed by atoms with Gasteiger partial charge in [-0.3, -0.25) is 4.72 Å². The molecule has 9 nitrogen and oxygen atoms in total. The fraction of sp³-hybridized carbons (Fsp3) is 0.286. The standard InChI is InChI=1S/C28H31NO8S/c1-28(2,3)37-25(30)18-36-23-13-9-12-22(27(31)35-5)26(23)29-38(32,33)24-15-14-21(34-4)17-20(24)16-19-10-7-6-8-11-19/h6-15,17,29H,16,18H2,1-5H3. The molecule has 0 heterocycles. The summed E-state index contributed by atoms with van der Waals surface area (Å²) in [5.41, 5.74) is 0.394. The Hall–Kier alpha value is -4.05. The van der Waals surface area contributed by atoms with Gasteiger partial charge in [0.1, 0.15) is 22.8 Å². The molecular formula is C28H31NO8S. The quantitative estimate of drug-likeness (QED) is 0.370. The molecule has 3 aromatic rings. The van der Waals surface area contributed by atoms with Gasteiger partial charge >= 0.3 is 11.9 Å². The lowest BCUT2D eigenvalue weighted by molar-refractivity contribution is -0.157. The lowest BCUT2D eigenvalue weighted by Crippen LogP contribution is -2.27. The molecule has 3 aromatic carbocycles. The first-order chi connectivity index (χ1) is 17.9. The van der Waals surface area contributed by atoms with Crippen molar-refractivity contribution in [3.63, 3.8) is 0 Å². The molecule has 0 unspecified atom stereocenters. The predicted molar refractivity (Wildman–Crippen MR) is 142 cm³/mol. The summed E-state index contributed by atoms with van der Waals surface area (Å²) in [7, 11) is -1.58. The molecule has 1 N–H and O–H groups in total. The minimum atomic E-state index is -4.25. The van der Waals surface area contributed by atoms with Crippen molar-refractivity contribution in [2.24, 2.45) is 0 Å². The number of para-hydroxylation sites is 1. The Bertz CT molecular complexity index is 1400. The number of anilines is 1. The van der Waals surface area contributed by atoms with Crippen LogP contribution in [0.2, 0.25) is 0 Å². The van der Waals surface area contributed by atoms with Gasteiger partial charge in [-0.25, -0.2) is 18.0 Å². The molecule has 10 heteroatoms. The summed E-state index contributed by atoms with van der Waals surface area (Å²) in [6.07, 6.45) is 0.314. The van der Waals surface area contributed by atoms with E-state index in [0.29, 0.717) is 17.7 Å². The number of sulfonamides is 1. The summed E-state index contributed by atoms with van der Waals surface area (Å²) in [6, 6.07) is 18.3. The van der Waals surface area contributed by atoms with Crippen LogP contribution in [0.1, 0.15) is 42.3 Å². The smallest absolute Gasteiger partial charge is 0.344 e. The van der Waals surface area contributed by atoms with Crippen molar-refractivity contribution in [2.45, 2.75) is 37.7 Å². The molecule has 0 spiro atoms. The van der Waals surface area contributed by atoms with Crippen LogP contribution in [0.15, 0.2) is 71.6 Å². The summed E-state index contributed by atoms with van der Waals surface area (Å²) >= 11 is 0. The third kappa shape index (κ3) is 7.48. The second kappa shape index (κ2) is 12.0. The number of methoxy groups -OCH3 is 2. The van der Waals surface area contributed by atoms with E-state index in [-0.39, 0.29) is 21.9 Å². The first-order valence-corrected chi connectivity index (χ1v) is 13.2. The van der Waals surface area contributed by atoms with Gasteiger partial charge in [0.15, 0.2) is 6.61 Å². The lowest BCUT2D eigenvalue weighted by atomic mass is 10.0. The van der Waals surface area contributed by atoms with Crippen LogP contribution >= 0.6 is 0 Å². The van der Waals surface area contributed by atoms with E-state index in [4.69, 9.17) is 18.9 Å². The van der Waals surface area contributed by atoms with Crippen molar-refractivity contribution < 1.29 is 37.0 Å². The summed E-state index contributed by atoms with van der Waals surface area (Å²) in [5, 5.41) is 0. The zero-order chi connectivity index (χ0) is 27.9. The lowest BCUT2D eigenvalue weighted by Gasteiger charge is -2.21. The van der Waals surface area contributed by atoms with E-state index in [1.807, 2.05) is 30.3 Å². The molecule has 0 amide bonds. The summed E-state index contributed by atoms with van der Waals surface area (Å²) in [6.45, 7) is 4.64. The van der Waals surface area contributed by atoms with Crippen LogP contribution < -0.4 is 14.2 Å². The van der Waals surface area contributed by atoms with Gasteiger partial charge in [-0.15, -0.1) is 0 Å². The molecule has 0 atom stereocenters. The number of carbonyl (C=O) groups is 2. The Morgan fingerprint density at radius 3 is 2.26 bits per heavy atom. The minimum absolute atomic E-state index is 0.0140. The maximum atomic E-state index is 13.7. The Labute approximate surface area is 222 Å². The van der Waals surface area contributed by atoms with Gasteiger partial charge in [-0.05, 0) is 68.7 Å². The highest BCUT2D eigenvalue weighted by Gasteiger charge is 2.26. The number of benzene rings is 3. The number of ether oxygens (including phenoxy) is 4. The van der Waals surface area contributed by atoms with Crippen molar-refractivity contribution in [1.82, 2.24) is 0 Å². The van der Waals surface area contributed by atoms with Gasteiger partial charge in [0, 0.05) is 0 Å². The summed E-state index contributed by atoms with van der Waals surface area (Å²) in [4.78, 5) is 24.7. The molecule has 0 fully saturated rings. The van der Waals surface area contributed by atoms with Crippen molar-refractivity contribution in [1.29, 1.82) is 0 Å². The van der Waals surface area contributed by atoms with Crippen LogP contribution in [-0.2, 0) is 30.7 Å². The highest BCUT2D eigenvalue weighted by atomic mass is 32.2. The van der Waals surface area contributed by atoms with Crippen LogP contribution in [0, 0.1) is 0 Å². The van der Waals surface area contributed by atoms with Crippen LogP contribution in [0.25, 0.3) is 0 Å². The van der Waals surface area contributed by atoms with Crippen LogP contribution in [0.3, 0.4) is 0 Å². The highest BCUT2D eigenvalue weighted by Crippen LogP contribution is 2.33. The minimum Gasteiger partial charge on any atom is -0.497 e. The fourth-order valence-electron chi connectivity index (χ4n) is 3.63. The van der Waals surface area contributed by atoms with Gasteiger partial charge in [-0.1, -0.05) is 36.4 Å². The third-order valence-electron chi connectivity index (χ3n) is 5.23. The Balaban J connectivity index is 2.02. The second-order valence-corrected chi connectivity index (χ2v) is 10.9. The molecule has 0 saturated carbocycles. The normalized spacial score (nSPS) is 11.4. The number of hydrogen-bond donors (Lipinski definition) is 1. The van der Waals surface area contributed by atoms with Crippen LogP contribution in [0.5, 0.6) is 11.5 Å². The Kier molecular flexibility index (Phi) is 9.00. The molecule has 0 radical (unpaired) electrons. The maximum absolute atomic E-state index is 13.7. The molecule has 0 aliphatic rings. The van der Waals surface area contributed by atoms with Crippen molar-refractivity contribution >= 4 is 27.6 Å². The molecular weight excluding hydrogens is 510 g/mol. The average Bonchev–Trinajstić information content (AvgIpc) is 2.86. The molecule has 0 aliphatic heterocycles. The highest BCUT2D eigenvalue weighted by molar-refractivity contribution is 7.92. The molecule has 0 saturated heterocycles. The molecule has 0 bridgehead atoms. The zero-order valence-electron chi connectivity index (χ0n) is 21.9. The number of esters is 2. The molecule has 202 valence electrons. The number of rotatable bonds is 10. The Morgan fingerprint density at radius 1 is 0.921 bits per heavy atom. The van der Waals surface area contributed by atoms with E-state index in [9.17, 15) is 18.0 Å². The van der Waals surface area contributed by atoms with E-state index >= 15 is 0 Å². The predicted octanol–water partition coefficient (Wildman–Crippen LogP) is 4.59. The van der Waals surface area contributed by atoms with E-state index in [1.165, 1.54) is 44.6 Å². The van der Waals surface area contributed by atoms with Gasteiger partial charge in [-0.2, -0.15) is 0 Å². The fourth-order valence-corrected chi connectivity index (χ4v) is 4.95. The summed E-state index contributed by atoms with van der Waals surface area (Å²) < 4.78 is 50.9. The van der Waals surface area contributed by atoms with E-state index in [0.717, 1.165) is 5.56 Å². The topological polar surface area (TPSA) is 117 Å². The number of carbonyl (C=O) groups excluding carboxylic acids is 2. The molecule has 0 aliphatic carbocycles. The van der Waals surface area contributed by atoms with Crippen molar-refractivity contribution in [3.8, 4) is 11.5 Å². The second-order valence-electron chi connectivity index (χ2n) is 9.29. The maximum Gasteiger partial charge on any atom is 0.344 e. The Morgan fingerprint density at radius 2 is 1.63 bits per heavy atom. The van der Waals surface area contributed by atoms with Crippen LogP contribution in [-0.4, -0.2) is 46.8 Å². The van der Waals surface area contributed by atoms with Crippen LogP contribution in [0.4, 0.5) is 5.69 Å². The van der Waals surface area contributed by atoms with Gasteiger partial charge in [0.05, 0.1) is 24.7 Å². The van der Waals surface area contributed by atoms with Crippen molar-refractivity contribution in [3.05, 3.63) is 83.4 Å². The van der Waals surface area contributed by atoms with Crippen molar-refractivity contribution in [2.75, 3.05) is 25.5 Å². The molecule has 0 aromatic heterocycles. The largest absolute Gasteiger partial charge is 0.497 e. The van der Waals surface area contributed by atoms with E-state index < -0.39 is 34.2 Å². The van der Waals surface area contributed by atoms with E-state index in [2.05, 4.69) is 4.72 Å². The molecule has 38 heavy (non-hydrogen) atoms. The first-order valence-electron chi connectivity index (χ1n) is 11.7. The monoisotopic (exact) mass is 541 g/mol.